The number of primary amides is 2. The van der Waals surface area contributed by atoms with E-state index in [0.29, 0.717) is 0 Å². The summed E-state index contributed by atoms with van der Waals surface area (Å²) in [5.41, 5.74) is 2.58. The highest BCUT2D eigenvalue weighted by atomic mass is 16.4. The molecule has 8 atom stereocenters. The van der Waals surface area contributed by atoms with Crippen molar-refractivity contribution in [2.75, 3.05) is 0 Å². The van der Waals surface area contributed by atoms with Crippen LogP contribution in [0, 0.1) is 29.6 Å². The second kappa shape index (κ2) is 12.6. The summed E-state index contributed by atoms with van der Waals surface area (Å²) >= 11 is 0. The number of carbonyl (C=O) groups excluding carboxylic acids is 6. The molecule has 2 amide bonds. The number of benzene rings is 2. The van der Waals surface area contributed by atoms with Crippen LogP contribution >= 0.6 is 0 Å². The van der Waals surface area contributed by atoms with Crippen molar-refractivity contribution in [2.45, 2.75) is 56.3 Å². The monoisotopic (exact) mass is 786 g/mol. The summed E-state index contributed by atoms with van der Waals surface area (Å²) in [5.74, 6) is -14.2. The van der Waals surface area contributed by atoms with Crippen LogP contribution in [0.5, 0.6) is 11.5 Å². The Hall–Kier alpha value is -6.30. The number of fused-ring (bicyclic) bond motifs is 6. The smallest absolute Gasteiger partial charge is 0.255 e. The van der Waals surface area contributed by atoms with Crippen LogP contribution in [-0.2, 0) is 40.0 Å². The molecule has 17 nitrogen and oxygen atoms in total. The number of aliphatic hydroxyl groups is 7. The van der Waals surface area contributed by atoms with Gasteiger partial charge in [-0.05, 0) is 55.9 Å². The number of aromatic hydroxyl groups is 2. The minimum absolute atomic E-state index is 0.0453. The van der Waals surface area contributed by atoms with Crippen molar-refractivity contribution in [2.24, 2.45) is 41.1 Å². The first kappa shape index (κ1) is 39.0. The Balaban J connectivity index is 0.000000174. The molecule has 2 saturated carbocycles. The van der Waals surface area contributed by atoms with Gasteiger partial charge in [0.25, 0.3) is 11.8 Å². The maximum Gasteiger partial charge on any atom is 0.255 e. The number of amides is 2. The molecule has 0 aliphatic heterocycles. The predicted molar refractivity (Wildman–Crippen MR) is 193 cm³/mol. The quantitative estimate of drug-likeness (QED) is 0.190. The largest absolute Gasteiger partial charge is 0.511 e. The second-order valence-corrected chi connectivity index (χ2v) is 15.7. The topological polar surface area (TPSA) is 337 Å². The molecule has 2 fully saturated rings. The SMILES string of the molecule is C[C@@]1(O)c2cccc(O)c2C(O)=C2C(=O)C3C(O)=C(C(N)=O)C(=O)CC3CC21.C[C@@]1(O)c2cccc(O)c2C(O)=C2C(=O)[C@]3(O)C(O)=C(C(N)=O)C(=O)CC3CC21. The summed E-state index contributed by atoms with van der Waals surface area (Å²) in [6, 6.07) is 8.61. The van der Waals surface area contributed by atoms with Crippen molar-refractivity contribution in [1.29, 1.82) is 0 Å². The highest BCUT2D eigenvalue weighted by Crippen LogP contribution is 2.58. The molecular formula is C40H38N2O15. The summed E-state index contributed by atoms with van der Waals surface area (Å²) in [7, 11) is 0. The van der Waals surface area contributed by atoms with E-state index in [-0.39, 0.29) is 58.6 Å². The van der Waals surface area contributed by atoms with Crippen LogP contribution in [0.25, 0.3) is 11.5 Å². The van der Waals surface area contributed by atoms with Gasteiger partial charge in [-0.3, -0.25) is 28.8 Å². The number of aliphatic hydroxyl groups excluding tert-OH is 4. The van der Waals surface area contributed by atoms with Crippen LogP contribution in [0.2, 0.25) is 0 Å². The lowest BCUT2D eigenvalue weighted by Gasteiger charge is -2.50. The second-order valence-electron chi connectivity index (χ2n) is 15.7. The number of allylic oxidation sites excluding steroid dienone is 1. The molecule has 13 N–H and O–H groups in total. The van der Waals surface area contributed by atoms with Crippen molar-refractivity contribution in [3.8, 4) is 11.5 Å². The maximum atomic E-state index is 13.3. The average molecular weight is 787 g/mol. The summed E-state index contributed by atoms with van der Waals surface area (Å²) < 4.78 is 0. The molecule has 0 spiro atoms. The van der Waals surface area contributed by atoms with Gasteiger partial charge in [0, 0.05) is 41.7 Å². The van der Waals surface area contributed by atoms with Crippen LogP contribution < -0.4 is 11.5 Å². The molecule has 8 rings (SSSR count). The van der Waals surface area contributed by atoms with Gasteiger partial charge >= 0.3 is 0 Å². The minimum atomic E-state index is -2.66. The third-order valence-electron chi connectivity index (χ3n) is 12.6. The number of phenolic OH excluding ortho intramolecular Hbond substituents is 2. The van der Waals surface area contributed by atoms with E-state index < -0.39 is 128 Å². The number of nitrogens with two attached hydrogens (primary N) is 2. The Morgan fingerprint density at radius 2 is 1.14 bits per heavy atom. The van der Waals surface area contributed by atoms with E-state index in [1.165, 1.54) is 44.2 Å². The first-order valence-electron chi connectivity index (χ1n) is 17.8. The van der Waals surface area contributed by atoms with Crippen molar-refractivity contribution >= 4 is 46.5 Å². The normalized spacial score (nSPS) is 33.0. The Bertz CT molecular complexity index is 2420. The van der Waals surface area contributed by atoms with Gasteiger partial charge in [0.1, 0.15) is 45.7 Å². The Morgan fingerprint density at radius 1 is 0.667 bits per heavy atom. The van der Waals surface area contributed by atoms with E-state index in [9.17, 15) is 74.7 Å². The number of Topliss-reactive ketones (excluding diaryl/α,β-unsaturated/α-hetero) is 4. The molecular weight excluding hydrogens is 748 g/mol. The van der Waals surface area contributed by atoms with E-state index in [2.05, 4.69) is 0 Å². The van der Waals surface area contributed by atoms with Crippen LogP contribution in [0.3, 0.4) is 0 Å². The third kappa shape index (κ3) is 5.18. The van der Waals surface area contributed by atoms with E-state index in [1.54, 1.807) is 6.07 Å². The Labute approximate surface area is 322 Å². The summed E-state index contributed by atoms with van der Waals surface area (Å²) in [4.78, 5) is 74.2. The van der Waals surface area contributed by atoms with Gasteiger partial charge in [0.2, 0.25) is 5.78 Å². The van der Waals surface area contributed by atoms with E-state index in [4.69, 9.17) is 11.5 Å². The molecule has 0 radical (unpaired) electrons. The van der Waals surface area contributed by atoms with Gasteiger partial charge in [0.05, 0.1) is 28.2 Å². The van der Waals surface area contributed by atoms with Crippen molar-refractivity contribution in [3.05, 3.63) is 92.5 Å². The van der Waals surface area contributed by atoms with E-state index >= 15 is 0 Å². The molecule has 2 aromatic carbocycles. The molecule has 0 heterocycles. The molecule has 0 bridgehead atoms. The van der Waals surface area contributed by atoms with Crippen LogP contribution in [0.1, 0.15) is 61.8 Å². The van der Waals surface area contributed by atoms with Gasteiger partial charge in [-0.2, -0.15) is 0 Å². The number of ketones is 4. The van der Waals surface area contributed by atoms with Gasteiger partial charge < -0.3 is 57.4 Å². The molecule has 0 saturated heterocycles. The molecule has 0 aromatic heterocycles. The fourth-order valence-corrected chi connectivity index (χ4v) is 9.76. The van der Waals surface area contributed by atoms with Gasteiger partial charge in [-0.1, -0.05) is 24.3 Å². The standard InChI is InChI=1S/C20H19NO8.C20H19NO7/c1-19(28)8-3-2-4-10(22)12(8)15(24)13-9(19)5-7-6-11(23)14(18(21)27)17(26)20(7,29)16(13)25;1-20(28)8-3-2-4-10(22)13(8)18(26)14-9(20)5-7-6-11(23)15(19(21)27)17(25)12(7)16(14)24/h2-4,7,9,22,24,26,28-29H,5-6H2,1H3,(H2,21,27);2-4,7,9,12,22,25-26,28H,5-6H2,1H3,(H2,21,27)/t7?,9?,19-,20+;7?,9?,12?,20-/m11/s1. The first-order chi connectivity index (χ1) is 26.5. The van der Waals surface area contributed by atoms with Crippen molar-refractivity contribution in [3.63, 3.8) is 0 Å². The zero-order valence-electron chi connectivity index (χ0n) is 30.3. The molecule has 6 aliphatic rings. The highest BCUT2D eigenvalue weighted by molar-refractivity contribution is 6.23. The number of phenols is 2. The summed E-state index contributed by atoms with van der Waals surface area (Å²) in [6.45, 7) is 2.88. The lowest BCUT2D eigenvalue weighted by molar-refractivity contribution is -0.152. The Morgan fingerprint density at radius 3 is 1.65 bits per heavy atom. The molecule has 6 aliphatic carbocycles. The lowest BCUT2D eigenvalue weighted by Crippen LogP contribution is -2.60. The maximum absolute atomic E-state index is 13.3. The summed E-state index contributed by atoms with van der Waals surface area (Å²) in [5, 5.41) is 96.4. The zero-order valence-corrected chi connectivity index (χ0v) is 30.3. The Kier molecular flexibility index (Phi) is 8.61. The summed E-state index contributed by atoms with van der Waals surface area (Å²) in [6.07, 6.45) is -0.643. The molecule has 298 valence electrons. The highest BCUT2D eigenvalue weighted by Gasteiger charge is 2.63. The zero-order chi connectivity index (χ0) is 42.0. The number of rotatable bonds is 2. The van der Waals surface area contributed by atoms with E-state index in [0.717, 1.165) is 0 Å². The average Bonchev–Trinajstić information content (AvgIpc) is 3.11. The van der Waals surface area contributed by atoms with Crippen LogP contribution in [0.4, 0.5) is 0 Å². The van der Waals surface area contributed by atoms with Gasteiger partial charge in [0.15, 0.2) is 23.0 Å². The molecule has 5 unspecified atom stereocenters. The van der Waals surface area contributed by atoms with Crippen LogP contribution in [-0.4, -0.2) is 86.5 Å². The number of carbonyl (C=O) groups is 6. The predicted octanol–water partition coefficient (Wildman–Crippen LogP) is 1.06. The fourth-order valence-electron chi connectivity index (χ4n) is 9.76. The van der Waals surface area contributed by atoms with Crippen LogP contribution in [0.15, 0.2) is 70.2 Å². The van der Waals surface area contributed by atoms with E-state index in [1.807, 2.05) is 0 Å². The fraction of sp³-hybridized carbons (Fsp3) is 0.350. The van der Waals surface area contributed by atoms with Crippen molar-refractivity contribution < 1.29 is 74.7 Å². The first-order valence-corrected chi connectivity index (χ1v) is 17.8. The van der Waals surface area contributed by atoms with Crippen molar-refractivity contribution in [1.82, 2.24) is 0 Å². The molecule has 17 heteroatoms. The molecule has 57 heavy (non-hydrogen) atoms. The van der Waals surface area contributed by atoms with Gasteiger partial charge in [-0.25, -0.2) is 0 Å². The number of hydrogen-bond donors (Lipinski definition) is 11. The minimum Gasteiger partial charge on any atom is -0.511 e. The number of hydrogen-bond acceptors (Lipinski definition) is 15. The molecule has 2 aromatic rings. The van der Waals surface area contributed by atoms with Gasteiger partial charge in [-0.15, -0.1) is 0 Å². The third-order valence-corrected chi connectivity index (χ3v) is 12.6. The lowest BCUT2D eigenvalue weighted by atomic mass is 9.56.